The van der Waals surface area contributed by atoms with Gasteiger partial charge in [-0.05, 0) is 25.5 Å². The summed E-state index contributed by atoms with van der Waals surface area (Å²) in [6.45, 7) is 6.51. The average Bonchev–Trinajstić information content (AvgIpc) is 3.18. The Labute approximate surface area is 167 Å². The SMILES string of the molecule is Cc1ccc(O)c(C)c1NC(=O)c1cnc(NCCC(=O)N2CCOCC2)s1. The number of carbonyl (C=O) groups excluding carboxylic acids is 2. The predicted octanol–water partition coefficient (Wildman–Crippen LogP) is 2.38. The van der Waals surface area contributed by atoms with Crippen molar-refractivity contribution in [2.45, 2.75) is 20.3 Å². The van der Waals surface area contributed by atoms with Crippen LogP contribution in [0, 0.1) is 13.8 Å². The zero-order valence-corrected chi connectivity index (χ0v) is 16.8. The van der Waals surface area contributed by atoms with Gasteiger partial charge >= 0.3 is 0 Å². The molecule has 2 aromatic rings. The second-order valence-electron chi connectivity index (χ2n) is 6.56. The number of phenols is 1. The fourth-order valence-electron chi connectivity index (χ4n) is 2.91. The first-order valence-corrected chi connectivity index (χ1v) is 9.93. The highest BCUT2D eigenvalue weighted by Gasteiger charge is 2.17. The summed E-state index contributed by atoms with van der Waals surface area (Å²) in [4.78, 5) is 31.1. The minimum atomic E-state index is -0.285. The predicted molar refractivity (Wildman–Crippen MR) is 108 cm³/mol. The number of hydrogen-bond acceptors (Lipinski definition) is 7. The molecule has 1 aliphatic heterocycles. The van der Waals surface area contributed by atoms with Crippen molar-refractivity contribution in [1.29, 1.82) is 0 Å². The van der Waals surface area contributed by atoms with Crippen LogP contribution in [0.2, 0.25) is 0 Å². The van der Waals surface area contributed by atoms with E-state index in [9.17, 15) is 14.7 Å². The molecule has 1 aliphatic rings. The number of benzene rings is 1. The van der Waals surface area contributed by atoms with Gasteiger partial charge in [-0.15, -0.1) is 0 Å². The highest BCUT2D eigenvalue weighted by Crippen LogP contribution is 2.29. The quantitative estimate of drug-likeness (QED) is 0.683. The molecule has 2 amide bonds. The van der Waals surface area contributed by atoms with Crippen LogP contribution < -0.4 is 10.6 Å². The van der Waals surface area contributed by atoms with Crippen LogP contribution in [0.3, 0.4) is 0 Å². The smallest absolute Gasteiger partial charge is 0.267 e. The molecule has 1 aromatic carbocycles. The molecule has 150 valence electrons. The summed E-state index contributed by atoms with van der Waals surface area (Å²) in [5.74, 6) is -0.0654. The molecular weight excluding hydrogens is 380 g/mol. The summed E-state index contributed by atoms with van der Waals surface area (Å²) < 4.78 is 5.24. The molecule has 28 heavy (non-hydrogen) atoms. The molecule has 1 saturated heterocycles. The number of phenolic OH excluding ortho intramolecular Hbond substituents is 1. The number of hydrogen-bond donors (Lipinski definition) is 3. The largest absolute Gasteiger partial charge is 0.508 e. The van der Waals surface area contributed by atoms with E-state index < -0.39 is 0 Å². The topological polar surface area (TPSA) is 104 Å². The molecule has 8 nitrogen and oxygen atoms in total. The highest BCUT2D eigenvalue weighted by molar-refractivity contribution is 7.17. The zero-order valence-electron chi connectivity index (χ0n) is 15.9. The van der Waals surface area contributed by atoms with Gasteiger partial charge in [0.05, 0.1) is 25.1 Å². The number of ether oxygens (including phenoxy) is 1. The molecule has 9 heteroatoms. The number of rotatable bonds is 6. The number of morpholine rings is 1. The van der Waals surface area contributed by atoms with Gasteiger partial charge in [-0.2, -0.15) is 0 Å². The highest BCUT2D eigenvalue weighted by atomic mass is 32.1. The zero-order chi connectivity index (χ0) is 20.1. The Bertz CT molecular complexity index is 862. The third kappa shape index (κ3) is 4.79. The lowest BCUT2D eigenvalue weighted by atomic mass is 10.1. The maximum atomic E-state index is 12.5. The molecule has 2 heterocycles. The number of carbonyl (C=O) groups is 2. The summed E-state index contributed by atoms with van der Waals surface area (Å²) in [6.07, 6.45) is 1.86. The van der Waals surface area contributed by atoms with E-state index in [1.165, 1.54) is 17.5 Å². The van der Waals surface area contributed by atoms with E-state index >= 15 is 0 Å². The van der Waals surface area contributed by atoms with Crippen molar-refractivity contribution in [3.8, 4) is 5.75 Å². The summed E-state index contributed by atoms with van der Waals surface area (Å²) in [5.41, 5.74) is 2.09. The molecule has 0 aliphatic carbocycles. The van der Waals surface area contributed by atoms with Crippen molar-refractivity contribution >= 4 is 34.0 Å². The summed E-state index contributed by atoms with van der Waals surface area (Å²) >= 11 is 1.22. The molecule has 3 N–H and O–H groups in total. The third-order valence-electron chi connectivity index (χ3n) is 4.59. The number of nitrogens with one attached hydrogen (secondary N) is 2. The number of aromatic nitrogens is 1. The monoisotopic (exact) mass is 404 g/mol. The van der Waals surface area contributed by atoms with Gasteiger partial charge in [0.25, 0.3) is 5.91 Å². The first-order chi connectivity index (χ1) is 13.5. The molecule has 1 fully saturated rings. The van der Waals surface area contributed by atoms with Gasteiger partial charge in [-0.3, -0.25) is 9.59 Å². The van der Waals surface area contributed by atoms with E-state index in [4.69, 9.17) is 4.74 Å². The van der Waals surface area contributed by atoms with E-state index in [0.29, 0.717) is 60.5 Å². The average molecular weight is 404 g/mol. The van der Waals surface area contributed by atoms with Crippen LogP contribution >= 0.6 is 11.3 Å². The van der Waals surface area contributed by atoms with E-state index in [1.54, 1.807) is 24.0 Å². The van der Waals surface area contributed by atoms with Crippen molar-refractivity contribution in [1.82, 2.24) is 9.88 Å². The molecule has 0 saturated carbocycles. The van der Waals surface area contributed by atoms with Crippen molar-refractivity contribution in [3.05, 3.63) is 34.3 Å². The Morgan fingerprint density at radius 3 is 2.79 bits per heavy atom. The summed E-state index contributed by atoms with van der Waals surface area (Å²) in [5, 5.41) is 16.4. The van der Waals surface area contributed by atoms with Crippen molar-refractivity contribution in [2.75, 3.05) is 43.5 Å². The molecule has 3 rings (SSSR count). The summed E-state index contributed by atoms with van der Waals surface area (Å²) in [6, 6.07) is 3.36. The van der Waals surface area contributed by atoms with Gasteiger partial charge in [-0.25, -0.2) is 4.98 Å². The molecular formula is C19H24N4O4S. The number of anilines is 2. The van der Waals surface area contributed by atoms with Crippen LogP contribution in [0.1, 0.15) is 27.2 Å². The van der Waals surface area contributed by atoms with Crippen molar-refractivity contribution in [3.63, 3.8) is 0 Å². The van der Waals surface area contributed by atoms with Gasteiger partial charge in [0, 0.05) is 31.6 Å². The lowest BCUT2D eigenvalue weighted by Crippen LogP contribution is -2.41. The maximum Gasteiger partial charge on any atom is 0.267 e. The first kappa shape index (κ1) is 20.1. The number of aryl methyl sites for hydroxylation is 1. The van der Waals surface area contributed by atoms with E-state index in [0.717, 1.165) is 5.56 Å². The first-order valence-electron chi connectivity index (χ1n) is 9.11. The Kier molecular flexibility index (Phi) is 6.48. The van der Waals surface area contributed by atoms with Crippen molar-refractivity contribution in [2.24, 2.45) is 0 Å². The second-order valence-corrected chi connectivity index (χ2v) is 7.59. The van der Waals surface area contributed by atoms with Crippen LogP contribution in [0.25, 0.3) is 0 Å². The Hall–Kier alpha value is -2.65. The lowest BCUT2D eigenvalue weighted by molar-refractivity contribution is -0.134. The standard InChI is InChI=1S/C19H24N4O4S/c1-12-3-4-14(24)13(2)17(12)22-18(26)15-11-21-19(28-15)20-6-5-16(25)23-7-9-27-10-8-23/h3-4,11,24H,5-10H2,1-2H3,(H,20,21)(H,22,26). The number of aromatic hydroxyl groups is 1. The van der Waals surface area contributed by atoms with Crippen LogP contribution in [-0.4, -0.2) is 59.7 Å². The fourth-order valence-corrected chi connectivity index (χ4v) is 3.65. The molecule has 0 unspecified atom stereocenters. The minimum absolute atomic E-state index is 0.0835. The van der Waals surface area contributed by atoms with Gasteiger partial charge < -0.3 is 25.4 Å². The van der Waals surface area contributed by atoms with Crippen molar-refractivity contribution < 1.29 is 19.4 Å². The molecule has 0 spiro atoms. The maximum absolute atomic E-state index is 12.5. The molecule has 0 bridgehead atoms. The van der Waals surface area contributed by atoms with Crippen LogP contribution in [-0.2, 0) is 9.53 Å². The Balaban J connectivity index is 1.53. The van der Waals surface area contributed by atoms with Gasteiger partial charge in [0.2, 0.25) is 5.91 Å². The fraction of sp³-hybridized carbons (Fsp3) is 0.421. The molecule has 0 radical (unpaired) electrons. The van der Waals surface area contributed by atoms with Crippen LogP contribution in [0.15, 0.2) is 18.3 Å². The van der Waals surface area contributed by atoms with E-state index in [1.807, 2.05) is 6.92 Å². The third-order valence-corrected chi connectivity index (χ3v) is 5.55. The number of nitrogens with zero attached hydrogens (tertiary/aromatic N) is 2. The van der Waals surface area contributed by atoms with E-state index in [-0.39, 0.29) is 17.6 Å². The summed E-state index contributed by atoms with van der Waals surface area (Å²) in [7, 11) is 0. The molecule has 0 atom stereocenters. The van der Waals surface area contributed by atoms with Crippen LogP contribution in [0.5, 0.6) is 5.75 Å². The van der Waals surface area contributed by atoms with Gasteiger partial charge in [0.1, 0.15) is 10.6 Å². The normalized spacial score (nSPS) is 14.0. The Morgan fingerprint density at radius 1 is 1.29 bits per heavy atom. The van der Waals surface area contributed by atoms with Gasteiger partial charge in [0.15, 0.2) is 5.13 Å². The Morgan fingerprint density at radius 2 is 2.04 bits per heavy atom. The van der Waals surface area contributed by atoms with Gasteiger partial charge in [-0.1, -0.05) is 17.4 Å². The number of thiazole rings is 1. The van der Waals surface area contributed by atoms with Crippen LogP contribution in [0.4, 0.5) is 10.8 Å². The number of amides is 2. The minimum Gasteiger partial charge on any atom is -0.508 e. The van der Waals surface area contributed by atoms with E-state index in [2.05, 4.69) is 15.6 Å². The lowest BCUT2D eigenvalue weighted by Gasteiger charge is -2.26. The second kappa shape index (κ2) is 9.03. The molecule has 1 aromatic heterocycles.